The van der Waals surface area contributed by atoms with Gasteiger partial charge in [-0.2, -0.15) is 0 Å². The third-order valence-corrected chi connectivity index (χ3v) is 1.32. The van der Waals surface area contributed by atoms with E-state index in [4.69, 9.17) is 5.73 Å². The molecule has 0 saturated carbocycles. The molecule has 0 aromatic carbocycles. The summed E-state index contributed by atoms with van der Waals surface area (Å²) in [5.74, 6) is -0.271. The van der Waals surface area contributed by atoms with E-state index >= 15 is 0 Å². The highest BCUT2D eigenvalue weighted by Gasteiger charge is 1.94. The van der Waals surface area contributed by atoms with Crippen LogP contribution in [0.3, 0.4) is 0 Å². The molecule has 0 fully saturated rings. The van der Waals surface area contributed by atoms with Gasteiger partial charge in [0.25, 0.3) is 0 Å². The molecule has 62 valence electrons. The smallest absolute Gasteiger partial charge is 0.118 e. The lowest BCUT2D eigenvalue weighted by atomic mass is 10.1. The Kier molecular flexibility index (Phi) is 4.46. The van der Waals surface area contributed by atoms with E-state index in [1.54, 1.807) is 19.9 Å². The zero-order valence-corrected chi connectivity index (χ0v) is 6.97. The Morgan fingerprint density at radius 3 is 2.45 bits per heavy atom. The number of allylic oxidation sites excluding steroid dienone is 3. The van der Waals surface area contributed by atoms with Gasteiger partial charge in [0.15, 0.2) is 0 Å². The predicted molar refractivity (Wildman–Crippen MR) is 46.8 cm³/mol. The zero-order valence-electron chi connectivity index (χ0n) is 6.97. The predicted octanol–water partition coefficient (Wildman–Crippen LogP) is 2.32. The summed E-state index contributed by atoms with van der Waals surface area (Å²) in [5, 5.41) is 0. The van der Waals surface area contributed by atoms with Crippen molar-refractivity contribution in [1.82, 2.24) is 0 Å². The lowest BCUT2D eigenvalue weighted by molar-refractivity contribution is 0.664. The molecule has 0 aromatic heterocycles. The highest BCUT2D eigenvalue weighted by molar-refractivity contribution is 5.25. The minimum atomic E-state index is -0.271. The van der Waals surface area contributed by atoms with E-state index in [1.165, 1.54) is 12.2 Å². The summed E-state index contributed by atoms with van der Waals surface area (Å²) in [7, 11) is 0. The molecule has 2 N–H and O–H groups in total. The van der Waals surface area contributed by atoms with Crippen molar-refractivity contribution in [2.75, 3.05) is 0 Å². The van der Waals surface area contributed by atoms with E-state index < -0.39 is 0 Å². The maximum Gasteiger partial charge on any atom is 0.118 e. The summed E-state index contributed by atoms with van der Waals surface area (Å²) in [4.78, 5) is 0. The third-order valence-electron chi connectivity index (χ3n) is 1.32. The topological polar surface area (TPSA) is 26.0 Å². The van der Waals surface area contributed by atoms with Gasteiger partial charge in [-0.1, -0.05) is 18.7 Å². The number of hydrogen-bond donors (Lipinski definition) is 1. The molecule has 0 heterocycles. The summed E-state index contributed by atoms with van der Waals surface area (Å²) in [6, 6.07) is -0.115. The normalized spacial score (nSPS) is 15.5. The largest absolute Gasteiger partial charge is 0.324 e. The van der Waals surface area contributed by atoms with E-state index in [9.17, 15) is 4.39 Å². The van der Waals surface area contributed by atoms with E-state index in [2.05, 4.69) is 6.58 Å². The Labute approximate surface area is 67.1 Å². The van der Waals surface area contributed by atoms with Crippen molar-refractivity contribution in [1.29, 1.82) is 0 Å². The zero-order chi connectivity index (χ0) is 8.85. The lowest BCUT2D eigenvalue weighted by Gasteiger charge is -2.01. The molecule has 0 radical (unpaired) electrons. The third kappa shape index (κ3) is 4.51. The molecule has 0 amide bonds. The van der Waals surface area contributed by atoms with Gasteiger partial charge in [0.05, 0.1) is 0 Å². The molecule has 2 heteroatoms. The van der Waals surface area contributed by atoms with Gasteiger partial charge < -0.3 is 5.73 Å². The van der Waals surface area contributed by atoms with Crippen molar-refractivity contribution in [3.63, 3.8) is 0 Å². The maximum atomic E-state index is 12.4. The van der Waals surface area contributed by atoms with Crippen molar-refractivity contribution in [3.8, 4) is 0 Å². The van der Waals surface area contributed by atoms with Crippen LogP contribution >= 0.6 is 0 Å². The van der Waals surface area contributed by atoms with Crippen LogP contribution in [-0.4, -0.2) is 6.04 Å². The average Bonchev–Trinajstić information content (AvgIpc) is 1.99. The van der Waals surface area contributed by atoms with Crippen LogP contribution in [0.15, 0.2) is 36.2 Å². The fourth-order valence-corrected chi connectivity index (χ4v) is 0.435. The summed E-state index contributed by atoms with van der Waals surface area (Å²) < 4.78 is 12.4. The second-order valence-electron chi connectivity index (χ2n) is 2.37. The molecule has 0 aromatic rings. The molecule has 0 saturated heterocycles. The molecule has 0 aliphatic heterocycles. The van der Waals surface area contributed by atoms with Crippen molar-refractivity contribution in [2.45, 2.75) is 19.9 Å². The van der Waals surface area contributed by atoms with Crippen LogP contribution in [0.25, 0.3) is 0 Å². The van der Waals surface area contributed by atoms with E-state index in [0.717, 1.165) is 5.57 Å². The van der Waals surface area contributed by atoms with E-state index in [0.29, 0.717) is 0 Å². The summed E-state index contributed by atoms with van der Waals surface area (Å²) in [5.41, 5.74) is 6.19. The van der Waals surface area contributed by atoms with Gasteiger partial charge in [-0.25, -0.2) is 4.39 Å². The van der Waals surface area contributed by atoms with Gasteiger partial charge in [-0.3, -0.25) is 0 Å². The second-order valence-corrected chi connectivity index (χ2v) is 2.37. The SMILES string of the molecule is C=C(/C=C\C(F)=C/C)[C@@H](C)N. The first-order valence-electron chi connectivity index (χ1n) is 3.52. The highest BCUT2D eigenvalue weighted by Crippen LogP contribution is 2.03. The fraction of sp³-hybridized carbons (Fsp3) is 0.333. The molecular weight excluding hydrogens is 141 g/mol. The Morgan fingerprint density at radius 1 is 1.55 bits per heavy atom. The summed E-state index contributed by atoms with van der Waals surface area (Å²) in [6.45, 7) is 7.09. The quantitative estimate of drug-likeness (QED) is 0.622. The van der Waals surface area contributed by atoms with Crippen LogP contribution < -0.4 is 5.73 Å². The van der Waals surface area contributed by atoms with Gasteiger partial charge in [-0.05, 0) is 25.5 Å². The van der Waals surface area contributed by atoms with Crippen LogP contribution in [-0.2, 0) is 0 Å². The standard InChI is InChI=1S/C9H14FN/c1-4-9(10)6-5-7(2)8(3)11/h4-6,8H,2,11H2,1,3H3/b6-5-,9-4+/t8-/m1/s1. The molecular formula is C9H14FN. The van der Waals surface area contributed by atoms with Crippen LogP contribution in [0.1, 0.15) is 13.8 Å². The Hall–Kier alpha value is -0.890. The van der Waals surface area contributed by atoms with Crippen molar-refractivity contribution >= 4 is 0 Å². The first-order chi connectivity index (χ1) is 5.07. The fourth-order valence-electron chi connectivity index (χ4n) is 0.435. The van der Waals surface area contributed by atoms with E-state index in [1.807, 2.05) is 0 Å². The molecule has 0 aliphatic carbocycles. The number of rotatable bonds is 3. The van der Waals surface area contributed by atoms with Gasteiger partial charge >= 0.3 is 0 Å². The van der Waals surface area contributed by atoms with Crippen molar-refractivity contribution in [2.24, 2.45) is 5.73 Å². The van der Waals surface area contributed by atoms with Gasteiger partial charge in [0.1, 0.15) is 5.83 Å². The minimum absolute atomic E-state index is 0.115. The van der Waals surface area contributed by atoms with Crippen molar-refractivity contribution in [3.05, 3.63) is 36.2 Å². The molecule has 0 aliphatic rings. The van der Waals surface area contributed by atoms with Gasteiger partial charge in [0.2, 0.25) is 0 Å². The van der Waals surface area contributed by atoms with Crippen LogP contribution in [0.5, 0.6) is 0 Å². The highest BCUT2D eigenvalue weighted by atomic mass is 19.1. The summed E-state index contributed by atoms with van der Waals surface area (Å²) >= 11 is 0. The Bertz CT molecular complexity index is 190. The Morgan fingerprint density at radius 2 is 2.09 bits per heavy atom. The number of halogens is 1. The first kappa shape index (κ1) is 10.1. The average molecular weight is 155 g/mol. The summed E-state index contributed by atoms with van der Waals surface area (Å²) in [6.07, 6.45) is 4.32. The molecule has 11 heavy (non-hydrogen) atoms. The molecule has 0 unspecified atom stereocenters. The maximum absolute atomic E-state index is 12.4. The second kappa shape index (κ2) is 4.85. The van der Waals surface area contributed by atoms with Crippen LogP contribution in [0.4, 0.5) is 4.39 Å². The first-order valence-corrected chi connectivity index (χ1v) is 3.52. The van der Waals surface area contributed by atoms with E-state index in [-0.39, 0.29) is 11.9 Å². The minimum Gasteiger partial charge on any atom is -0.324 e. The number of nitrogens with two attached hydrogens (primary N) is 1. The molecule has 0 bridgehead atoms. The molecule has 1 nitrogen and oxygen atoms in total. The van der Waals surface area contributed by atoms with Crippen LogP contribution in [0, 0.1) is 0 Å². The van der Waals surface area contributed by atoms with Crippen LogP contribution in [0.2, 0.25) is 0 Å². The molecule has 0 spiro atoms. The number of hydrogen-bond acceptors (Lipinski definition) is 1. The monoisotopic (exact) mass is 155 g/mol. The molecule has 0 rings (SSSR count). The van der Waals surface area contributed by atoms with Gasteiger partial charge in [-0.15, -0.1) is 0 Å². The Balaban J connectivity index is 4.04. The van der Waals surface area contributed by atoms with Gasteiger partial charge in [0, 0.05) is 6.04 Å². The molecule has 1 atom stereocenters. The van der Waals surface area contributed by atoms with Crippen molar-refractivity contribution < 1.29 is 4.39 Å². The lowest BCUT2D eigenvalue weighted by Crippen LogP contribution is -2.15.